The maximum absolute atomic E-state index is 10.4. The Morgan fingerprint density at radius 1 is 0.774 bits per heavy atom. The van der Waals surface area contributed by atoms with Gasteiger partial charge in [-0.15, -0.1) is 0 Å². The van der Waals surface area contributed by atoms with Crippen molar-refractivity contribution in [3.8, 4) is 0 Å². The van der Waals surface area contributed by atoms with Crippen molar-refractivity contribution in [2.45, 2.75) is 103 Å². The SMILES string of the molecule is CN(C(N)=NCCCCCCCCCCCCCCCCCC(=O)O)c1ccccc1. The molecule has 0 unspecified atom stereocenters. The van der Waals surface area contributed by atoms with Gasteiger partial charge in [-0.3, -0.25) is 9.79 Å². The maximum atomic E-state index is 10.4. The van der Waals surface area contributed by atoms with E-state index in [1.165, 1.54) is 77.0 Å². The maximum Gasteiger partial charge on any atom is 0.303 e. The Bertz CT molecular complexity index is 590. The molecule has 0 radical (unpaired) electrons. The zero-order chi connectivity index (χ0) is 22.6. The highest BCUT2D eigenvalue weighted by molar-refractivity contribution is 5.94. The van der Waals surface area contributed by atoms with Crippen molar-refractivity contribution >= 4 is 17.6 Å². The van der Waals surface area contributed by atoms with Gasteiger partial charge in [0.1, 0.15) is 0 Å². The van der Waals surface area contributed by atoms with E-state index in [1.807, 2.05) is 42.3 Å². The summed E-state index contributed by atoms with van der Waals surface area (Å²) in [6, 6.07) is 10.1. The number of carbonyl (C=O) groups is 1. The second-order valence-corrected chi connectivity index (χ2v) is 8.58. The molecule has 0 spiro atoms. The lowest BCUT2D eigenvalue weighted by Crippen LogP contribution is -2.34. The average molecular weight is 432 g/mol. The van der Waals surface area contributed by atoms with Gasteiger partial charge in [0.25, 0.3) is 0 Å². The van der Waals surface area contributed by atoms with Crippen LogP contribution in [-0.4, -0.2) is 30.6 Å². The number of aliphatic imine (C=N–C) groups is 1. The molecule has 1 aromatic rings. The molecule has 0 bridgehead atoms. The van der Waals surface area contributed by atoms with E-state index in [9.17, 15) is 4.79 Å². The average Bonchev–Trinajstić information content (AvgIpc) is 2.78. The van der Waals surface area contributed by atoms with Gasteiger partial charge in [0.2, 0.25) is 0 Å². The minimum atomic E-state index is -0.665. The Morgan fingerprint density at radius 2 is 1.19 bits per heavy atom. The molecular weight excluding hydrogens is 386 g/mol. The van der Waals surface area contributed by atoms with Crippen molar-refractivity contribution in [3.63, 3.8) is 0 Å². The van der Waals surface area contributed by atoms with Gasteiger partial charge in [-0.05, 0) is 25.0 Å². The van der Waals surface area contributed by atoms with Gasteiger partial charge < -0.3 is 15.7 Å². The molecule has 0 atom stereocenters. The first-order chi connectivity index (χ1) is 15.1. The summed E-state index contributed by atoms with van der Waals surface area (Å²) < 4.78 is 0. The van der Waals surface area contributed by atoms with Crippen LogP contribution < -0.4 is 10.6 Å². The zero-order valence-corrected chi connectivity index (χ0v) is 19.7. The van der Waals surface area contributed by atoms with Crippen LogP contribution in [-0.2, 0) is 4.79 Å². The Balaban J connectivity index is 1.83. The molecule has 0 fully saturated rings. The molecule has 0 saturated carbocycles. The van der Waals surface area contributed by atoms with Crippen molar-refractivity contribution in [2.75, 3.05) is 18.5 Å². The van der Waals surface area contributed by atoms with Crippen LogP contribution in [0, 0.1) is 0 Å². The second-order valence-electron chi connectivity index (χ2n) is 8.58. The number of nitrogens with two attached hydrogens (primary N) is 1. The highest BCUT2D eigenvalue weighted by Crippen LogP contribution is 2.14. The Morgan fingerprint density at radius 3 is 1.65 bits per heavy atom. The van der Waals surface area contributed by atoms with Crippen LogP contribution in [0.4, 0.5) is 5.69 Å². The number of para-hydroxylation sites is 1. The number of unbranched alkanes of at least 4 members (excludes halogenated alkanes) is 14. The fraction of sp³-hybridized carbons (Fsp3) is 0.692. The van der Waals surface area contributed by atoms with Crippen molar-refractivity contribution in [1.29, 1.82) is 0 Å². The summed E-state index contributed by atoms with van der Waals surface area (Å²) in [6.45, 7) is 0.808. The highest BCUT2D eigenvalue weighted by atomic mass is 16.4. The quantitative estimate of drug-likeness (QED) is 0.144. The van der Waals surface area contributed by atoms with Gasteiger partial charge in [0.15, 0.2) is 5.96 Å². The van der Waals surface area contributed by atoms with E-state index in [-0.39, 0.29) is 0 Å². The van der Waals surface area contributed by atoms with Gasteiger partial charge in [0, 0.05) is 25.7 Å². The van der Waals surface area contributed by atoms with Gasteiger partial charge >= 0.3 is 5.97 Å². The number of anilines is 1. The lowest BCUT2D eigenvalue weighted by Gasteiger charge is -2.17. The first kappa shape index (κ1) is 27.0. The standard InChI is InChI=1S/C26H45N3O2/c1-29(24-20-16-15-17-21-24)26(27)28-23-19-14-12-10-8-6-4-2-3-5-7-9-11-13-18-22-25(30)31/h15-17,20-21H,2-14,18-19,22-23H2,1H3,(H2,27,28)(H,30,31). The van der Waals surface area contributed by atoms with E-state index in [0.717, 1.165) is 31.5 Å². The summed E-state index contributed by atoms with van der Waals surface area (Å²) in [5, 5.41) is 8.60. The molecule has 0 heterocycles. The van der Waals surface area contributed by atoms with E-state index >= 15 is 0 Å². The molecule has 176 valence electrons. The van der Waals surface area contributed by atoms with E-state index < -0.39 is 5.97 Å². The van der Waals surface area contributed by atoms with Crippen molar-refractivity contribution in [1.82, 2.24) is 0 Å². The second kappa shape index (κ2) is 18.7. The first-order valence-electron chi connectivity index (χ1n) is 12.4. The van der Waals surface area contributed by atoms with Crippen LogP contribution in [0.2, 0.25) is 0 Å². The molecule has 1 aromatic carbocycles. The van der Waals surface area contributed by atoms with Gasteiger partial charge in [-0.1, -0.05) is 102 Å². The number of rotatable bonds is 19. The van der Waals surface area contributed by atoms with Crippen LogP contribution in [0.15, 0.2) is 35.3 Å². The summed E-state index contributed by atoms with van der Waals surface area (Å²) in [7, 11) is 1.96. The Kier molecular flexibility index (Phi) is 16.3. The molecule has 0 amide bonds. The number of carboxylic acids is 1. The van der Waals surface area contributed by atoms with Crippen molar-refractivity contribution in [3.05, 3.63) is 30.3 Å². The van der Waals surface area contributed by atoms with Gasteiger partial charge in [-0.2, -0.15) is 0 Å². The molecule has 0 aliphatic rings. The summed E-state index contributed by atoms with van der Waals surface area (Å²) in [4.78, 5) is 16.9. The lowest BCUT2D eigenvalue weighted by atomic mass is 10.0. The fourth-order valence-electron chi connectivity index (χ4n) is 3.77. The van der Waals surface area contributed by atoms with E-state index in [0.29, 0.717) is 12.4 Å². The number of carboxylic acid groups (broad SMARTS) is 1. The van der Waals surface area contributed by atoms with E-state index in [1.54, 1.807) is 0 Å². The molecule has 0 aliphatic heterocycles. The largest absolute Gasteiger partial charge is 0.481 e. The Hall–Kier alpha value is -2.04. The van der Waals surface area contributed by atoms with Crippen LogP contribution >= 0.6 is 0 Å². The molecule has 0 aliphatic carbocycles. The smallest absolute Gasteiger partial charge is 0.303 e. The molecule has 0 aromatic heterocycles. The summed E-state index contributed by atoms with van der Waals surface area (Å²) >= 11 is 0. The third-order valence-corrected chi connectivity index (χ3v) is 5.81. The molecule has 31 heavy (non-hydrogen) atoms. The molecule has 3 N–H and O–H groups in total. The number of guanidine groups is 1. The summed E-state index contributed by atoms with van der Waals surface area (Å²) in [5.41, 5.74) is 7.15. The zero-order valence-electron chi connectivity index (χ0n) is 19.7. The predicted molar refractivity (Wildman–Crippen MR) is 133 cm³/mol. The molecule has 5 nitrogen and oxygen atoms in total. The van der Waals surface area contributed by atoms with E-state index in [2.05, 4.69) is 4.99 Å². The van der Waals surface area contributed by atoms with Crippen molar-refractivity contribution < 1.29 is 9.90 Å². The van der Waals surface area contributed by atoms with Crippen LogP contribution in [0.25, 0.3) is 0 Å². The lowest BCUT2D eigenvalue weighted by molar-refractivity contribution is -0.137. The normalized spacial score (nSPS) is 11.6. The van der Waals surface area contributed by atoms with E-state index in [4.69, 9.17) is 10.8 Å². The minimum Gasteiger partial charge on any atom is -0.481 e. The topological polar surface area (TPSA) is 78.9 Å². The number of benzene rings is 1. The number of hydrogen-bond acceptors (Lipinski definition) is 2. The van der Waals surface area contributed by atoms with Gasteiger partial charge in [0.05, 0.1) is 0 Å². The summed E-state index contributed by atoms with van der Waals surface area (Å²) in [5.74, 6) is -0.0775. The number of nitrogens with zero attached hydrogens (tertiary/aromatic N) is 2. The molecule has 1 rings (SSSR count). The fourth-order valence-corrected chi connectivity index (χ4v) is 3.77. The molecule has 0 saturated heterocycles. The van der Waals surface area contributed by atoms with Crippen LogP contribution in [0.5, 0.6) is 0 Å². The van der Waals surface area contributed by atoms with Crippen molar-refractivity contribution in [2.24, 2.45) is 10.7 Å². The van der Waals surface area contributed by atoms with Gasteiger partial charge in [-0.25, -0.2) is 0 Å². The number of aliphatic carboxylic acids is 1. The predicted octanol–water partition coefficient (Wildman–Crippen LogP) is 6.76. The minimum absolute atomic E-state index is 0.328. The monoisotopic (exact) mass is 431 g/mol. The summed E-state index contributed by atoms with van der Waals surface area (Å²) in [6.07, 6.45) is 19.1. The third-order valence-electron chi connectivity index (χ3n) is 5.81. The molecular formula is C26H45N3O2. The first-order valence-corrected chi connectivity index (χ1v) is 12.4. The number of hydrogen-bond donors (Lipinski definition) is 2. The third kappa shape index (κ3) is 15.4. The van der Waals surface area contributed by atoms with Crippen LogP contribution in [0.3, 0.4) is 0 Å². The molecule has 5 heteroatoms. The van der Waals surface area contributed by atoms with Crippen LogP contribution in [0.1, 0.15) is 103 Å². The Labute approximate surface area is 190 Å². The highest BCUT2D eigenvalue weighted by Gasteiger charge is 2.03.